The third kappa shape index (κ3) is 6.14. The van der Waals surface area contributed by atoms with Crippen molar-refractivity contribution in [2.75, 3.05) is 18.9 Å². The highest BCUT2D eigenvalue weighted by Crippen LogP contribution is 2.19. The predicted octanol–water partition coefficient (Wildman–Crippen LogP) is 2.73. The first kappa shape index (κ1) is 18.2. The fourth-order valence-corrected chi connectivity index (χ4v) is 2.72. The largest absolute Gasteiger partial charge is 0.484 e. The molecule has 7 heteroatoms. The molecule has 0 saturated heterocycles. The third-order valence-electron chi connectivity index (χ3n) is 2.97. The maximum absolute atomic E-state index is 12.0. The minimum atomic E-state index is -0.546. The molecule has 24 heavy (non-hydrogen) atoms. The standard InChI is InChI=1S/C17H17ClN2O3S/c18-13-3-7-15(8-4-13)24-10-9-20-17(22)12-1-5-14(6-2-12)23-11-16(19)21/h1-8H,9-11H2,(H2,19,21)(H,20,22). The van der Waals surface area contributed by atoms with Gasteiger partial charge in [-0.3, -0.25) is 9.59 Å². The number of ether oxygens (including phenoxy) is 1. The number of amides is 2. The van der Waals surface area contributed by atoms with Crippen LogP contribution in [0.15, 0.2) is 53.4 Å². The van der Waals surface area contributed by atoms with E-state index in [1.807, 2.05) is 24.3 Å². The normalized spacial score (nSPS) is 10.2. The van der Waals surface area contributed by atoms with Gasteiger partial charge in [0, 0.05) is 27.8 Å². The molecule has 0 aliphatic carbocycles. The van der Waals surface area contributed by atoms with Crippen LogP contribution in [0.1, 0.15) is 10.4 Å². The van der Waals surface area contributed by atoms with Crippen molar-refractivity contribution in [3.63, 3.8) is 0 Å². The van der Waals surface area contributed by atoms with Crippen molar-refractivity contribution < 1.29 is 14.3 Å². The molecular weight excluding hydrogens is 348 g/mol. The van der Waals surface area contributed by atoms with Gasteiger partial charge in [0.1, 0.15) is 5.75 Å². The number of rotatable bonds is 8. The van der Waals surface area contributed by atoms with Gasteiger partial charge < -0.3 is 15.8 Å². The fraction of sp³-hybridized carbons (Fsp3) is 0.176. The van der Waals surface area contributed by atoms with Crippen LogP contribution in [0.4, 0.5) is 0 Å². The second-order valence-corrected chi connectivity index (χ2v) is 6.44. The minimum absolute atomic E-state index is 0.159. The van der Waals surface area contributed by atoms with Gasteiger partial charge in [-0.05, 0) is 48.5 Å². The van der Waals surface area contributed by atoms with E-state index in [9.17, 15) is 9.59 Å². The van der Waals surface area contributed by atoms with Crippen LogP contribution in [-0.2, 0) is 4.79 Å². The van der Waals surface area contributed by atoms with Gasteiger partial charge in [0.25, 0.3) is 11.8 Å². The van der Waals surface area contributed by atoms with Crippen molar-refractivity contribution in [3.05, 3.63) is 59.1 Å². The van der Waals surface area contributed by atoms with Crippen LogP contribution in [0, 0.1) is 0 Å². The number of nitrogens with two attached hydrogens (primary N) is 1. The van der Waals surface area contributed by atoms with Crippen LogP contribution in [0.5, 0.6) is 5.75 Å². The van der Waals surface area contributed by atoms with E-state index in [1.54, 1.807) is 36.0 Å². The number of primary amides is 1. The molecule has 3 N–H and O–H groups in total. The number of halogens is 1. The summed E-state index contributed by atoms with van der Waals surface area (Å²) >= 11 is 7.47. The first-order valence-corrected chi connectivity index (χ1v) is 8.58. The first-order valence-electron chi connectivity index (χ1n) is 7.22. The Kier molecular flexibility index (Phi) is 6.96. The Morgan fingerprint density at radius 1 is 1.08 bits per heavy atom. The molecule has 0 bridgehead atoms. The van der Waals surface area contributed by atoms with Crippen LogP contribution < -0.4 is 15.8 Å². The summed E-state index contributed by atoms with van der Waals surface area (Å²) in [7, 11) is 0. The lowest BCUT2D eigenvalue weighted by Crippen LogP contribution is -2.25. The maximum atomic E-state index is 12.0. The number of benzene rings is 2. The molecular formula is C17H17ClN2O3S. The van der Waals surface area contributed by atoms with Crippen LogP contribution in [0.3, 0.4) is 0 Å². The molecule has 0 aliphatic heterocycles. The quantitative estimate of drug-likeness (QED) is 0.557. The minimum Gasteiger partial charge on any atom is -0.484 e. The number of nitrogens with one attached hydrogen (secondary N) is 1. The Morgan fingerprint density at radius 3 is 2.38 bits per heavy atom. The van der Waals surface area contributed by atoms with Gasteiger partial charge in [-0.15, -0.1) is 11.8 Å². The summed E-state index contributed by atoms with van der Waals surface area (Å²) in [6.45, 7) is 0.361. The average molecular weight is 365 g/mol. The van der Waals surface area contributed by atoms with Crippen molar-refractivity contribution in [1.82, 2.24) is 5.32 Å². The van der Waals surface area contributed by atoms with Gasteiger partial charge in [0.05, 0.1) is 0 Å². The monoisotopic (exact) mass is 364 g/mol. The van der Waals surface area contributed by atoms with Crippen LogP contribution >= 0.6 is 23.4 Å². The fourth-order valence-electron chi connectivity index (χ4n) is 1.82. The molecule has 0 aliphatic rings. The molecule has 2 rings (SSSR count). The number of carbonyl (C=O) groups excluding carboxylic acids is 2. The molecule has 2 aromatic carbocycles. The topological polar surface area (TPSA) is 81.4 Å². The Bertz CT molecular complexity index is 690. The van der Waals surface area contributed by atoms with E-state index in [-0.39, 0.29) is 12.5 Å². The molecule has 0 radical (unpaired) electrons. The van der Waals surface area contributed by atoms with E-state index in [0.717, 1.165) is 10.6 Å². The van der Waals surface area contributed by atoms with E-state index >= 15 is 0 Å². The lowest BCUT2D eigenvalue weighted by atomic mass is 10.2. The lowest BCUT2D eigenvalue weighted by molar-refractivity contribution is -0.119. The molecule has 0 unspecified atom stereocenters. The third-order valence-corrected chi connectivity index (χ3v) is 4.23. The molecule has 0 aromatic heterocycles. The van der Waals surface area contributed by atoms with Gasteiger partial charge >= 0.3 is 0 Å². The zero-order valence-corrected chi connectivity index (χ0v) is 14.4. The molecule has 2 aromatic rings. The number of carbonyl (C=O) groups is 2. The molecule has 2 amide bonds. The van der Waals surface area contributed by atoms with Gasteiger partial charge in [0.2, 0.25) is 0 Å². The number of hydrogen-bond donors (Lipinski definition) is 2. The summed E-state index contributed by atoms with van der Waals surface area (Å²) in [6, 6.07) is 14.1. The van der Waals surface area contributed by atoms with Gasteiger partial charge in [0.15, 0.2) is 6.61 Å². The van der Waals surface area contributed by atoms with Crippen molar-refractivity contribution in [2.24, 2.45) is 5.73 Å². The predicted molar refractivity (Wildman–Crippen MR) is 95.6 cm³/mol. The molecule has 5 nitrogen and oxygen atoms in total. The van der Waals surface area contributed by atoms with E-state index in [2.05, 4.69) is 5.32 Å². The Balaban J connectivity index is 1.73. The zero-order chi connectivity index (χ0) is 17.4. The Labute approximate surface area is 149 Å². The summed E-state index contributed by atoms with van der Waals surface area (Å²) in [5, 5.41) is 3.55. The van der Waals surface area contributed by atoms with Gasteiger partial charge in [-0.25, -0.2) is 0 Å². The first-order chi connectivity index (χ1) is 11.5. The van der Waals surface area contributed by atoms with E-state index in [0.29, 0.717) is 22.9 Å². The highest BCUT2D eigenvalue weighted by molar-refractivity contribution is 7.99. The number of hydrogen-bond acceptors (Lipinski definition) is 4. The summed E-state index contributed by atoms with van der Waals surface area (Å²) in [5.41, 5.74) is 5.53. The Hall–Kier alpha value is -2.18. The van der Waals surface area contributed by atoms with Crippen molar-refractivity contribution in [2.45, 2.75) is 4.90 Å². The lowest BCUT2D eigenvalue weighted by Gasteiger charge is -2.07. The highest BCUT2D eigenvalue weighted by atomic mass is 35.5. The van der Waals surface area contributed by atoms with Gasteiger partial charge in [-0.2, -0.15) is 0 Å². The number of thioether (sulfide) groups is 1. The molecule has 126 valence electrons. The summed E-state index contributed by atoms with van der Waals surface area (Å²) in [5.74, 6) is 0.541. The van der Waals surface area contributed by atoms with E-state index < -0.39 is 5.91 Å². The zero-order valence-electron chi connectivity index (χ0n) is 12.8. The van der Waals surface area contributed by atoms with Crippen molar-refractivity contribution in [1.29, 1.82) is 0 Å². The summed E-state index contributed by atoms with van der Waals surface area (Å²) in [4.78, 5) is 23.8. The summed E-state index contributed by atoms with van der Waals surface area (Å²) in [6.07, 6.45) is 0. The SMILES string of the molecule is NC(=O)COc1ccc(C(=O)NCCSc2ccc(Cl)cc2)cc1. The van der Waals surface area contributed by atoms with Crippen LogP contribution in [-0.4, -0.2) is 30.7 Å². The molecule has 0 atom stereocenters. The van der Waals surface area contributed by atoms with E-state index in [1.165, 1.54) is 0 Å². The second kappa shape index (κ2) is 9.20. The molecule has 0 fully saturated rings. The second-order valence-electron chi connectivity index (χ2n) is 4.84. The van der Waals surface area contributed by atoms with Gasteiger partial charge in [-0.1, -0.05) is 11.6 Å². The molecule has 0 saturated carbocycles. The highest BCUT2D eigenvalue weighted by Gasteiger charge is 2.05. The Morgan fingerprint density at radius 2 is 1.75 bits per heavy atom. The molecule has 0 spiro atoms. The maximum Gasteiger partial charge on any atom is 0.255 e. The van der Waals surface area contributed by atoms with Crippen LogP contribution in [0.25, 0.3) is 0 Å². The van der Waals surface area contributed by atoms with E-state index in [4.69, 9.17) is 22.1 Å². The van der Waals surface area contributed by atoms with Crippen molar-refractivity contribution in [3.8, 4) is 5.75 Å². The summed E-state index contributed by atoms with van der Waals surface area (Å²) < 4.78 is 5.14. The smallest absolute Gasteiger partial charge is 0.255 e. The molecule has 0 heterocycles. The van der Waals surface area contributed by atoms with Crippen LogP contribution in [0.2, 0.25) is 5.02 Å². The average Bonchev–Trinajstić information content (AvgIpc) is 2.58. The van der Waals surface area contributed by atoms with Crippen molar-refractivity contribution >= 4 is 35.2 Å².